The van der Waals surface area contributed by atoms with Crippen LogP contribution in [-0.2, 0) is 6.42 Å². The number of aryl methyl sites for hydroxylation is 1. The minimum absolute atomic E-state index is 0.489. The second-order valence-corrected chi connectivity index (χ2v) is 4.99. The Bertz CT molecular complexity index is 363. The van der Waals surface area contributed by atoms with Gasteiger partial charge in [-0.1, -0.05) is 42.9 Å². The lowest BCUT2D eigenvalue weighted by molar-refractivity contribution is 0.607. The monoisotopic (exact) mass is 241 g/mol. The van der Waals surface area contributed by atoms with E-state index < -0.39 is 0 Å². The van der Waals surface area contributed by atoms with Gasteiger partial charge in [0.2, 0.25) is 0 Å². The van der Waals surface area contributed by atoms with Crippen molar-refractivity contribution in [1.29, 1.82) is 0 Å². The molecule has 3 heteroatoms. The molecular weight excluding hydrogens is 226 g/mol. The highest BCUT2D eigenvalue weighted by Crippen LogP contribution is 2.19. The summed E-state index contributed by atoms with van der Waals surface area (Å²) in [6.45, 7) is 4.17. The third-order valence-corrected chi connectivity index (χ3v) is 2.95. The molecule has 0 bridgehead atoms. The standard InChI is InChI=1S/C12H16ClNS/c1-8(6-12(14)15)5-10-3-4-11(13)9(2)7-10/h3-4,7-8H,5-6H2,1-2H3,(H2,14,15). The zero-order chi connectivity index (χ0) is 11.4. The molecule has 0 aliphatic heterocycles. The zero-order valence-electron chi connectivity index (χ0n) is 9.09. The summed E-state index contributed by atoms with van der Waals surface area (Å²) in [5.74, 6) is 0.489. The van der Waals surface area contributed by atoms with E-state index in [1.807, 2.05) is 13.0 Å². The topological polar surface area (TPSA) is 26.0 Å². The van der Waals surface area contributed by atoms with Crippen molar-refractivity contribution >= 4 is 28.8 Å². The molecule has 0 spiro atoms. The van der Waals surface area contributed by atoms with Gasteiger partial charge < -0.3 is 5.73 Å². The predicted molar refractivity (Wildman–Crippen MR) is 70.5 cm³/mol. The Morgan fingerprint density at radius 1 is 1.53 bits per heavy atom. The molecule has 15 heavy (non-hydrogen) atoms. The smallest absolute Gasteiger partial charge is 0.0730 e. The van der Waals surface area contributed by atoms with Crippen LogP contribution in [0, 0.1) is 12.8 Å². The molecule has 0 aromatic heterocycles. The average molecular weight is 242 g/mol. The van der Waals surface area contributed by atoms with Crippen molar-refractivity contribution in [2.75, 3.05) is 0 Å². The van der Waals surface area contributed by atoms with E-state index in [1.165, 1.54) is 5.56 Å². The van der Waals surface area contributed by atoms with Crippen molar-refractivity contribution in [1.82, 2.24) is 0 Å². The van der Waals surface area contributed by atoms with Crippen molar-refractivity contribution in [2.45, 2.75) is 26.7 Å². The normalized spacial score (nSPS) is 12.5. The highest BCUT2D eigenvalue weighted by molar-refractivity contribution is 7.80. The molecule has 1 atom stereocenters. The zero-order valence-corrected chi connectivity index (χ0v) is 10.7. The molecule has 0 saturated carbocycles. The second kappa shape index (κ2) is 5.47. The number of hydrogen-bond acceptors (Lipinski definition) is 1. The predicted octanol–water partition coefficient (Wildman–Crippen LogP) is 3.50. The van der Waals surface area contributed by atoms with Crippen molar-refractivity contribution in [3.63, 3.8) is 0 Å². The fourth-order valence-corrected chi connectivity index (χ4v) is 2.05. The first-order chi connectivity index (χ1) is 6.99. The summed E-state index contributed by atoms with van der Waals surface area (Å²) in [6, 6.07) is 6.13. The average Bonchev–Trinajstić information content (AvgIpc) is 2.10. The summed E-state index contributed by atoms with van der Waals surface area (Å²) >= 11 is 10.9. The number of nitrogens with two attached hydrogens (primary N) is 1. The van der Waals surface area contributed by atoms with Crippen LogP contribution in [-0.4, -0.2) is 4.99 Å². The van der Waals surface area contributed by atoms with Gasteiger partial charge in [-0.3, -0.25) is 0 Å². The molecule has 0 amide bonds. The lowest BCUT2D eigenvalue weighted by atomic mass is 9.97. The highest BCUT2D eigenvalue weighted by Gasteiger charge is 2.06. The SMILES string of the molecule is Cc1cc(CC(C)CC(N)=S)ccc1Cl. The summed E-state index contributed by atoms with van der Waals surface area (Å²) in [4.78, 5) is 0.591. The van der Waals surface area contributed by atoms with Crippen molar-refractivity contribution < 1.29 is 0 Å². The van der Waals surface area contributed by atoms with Crippen LogP contribution in [0.2, 0.25) is 5.02 Å². The number of benzene rings is 1. The van der Waals surface area contributed by atoms with E-state index in [4.69, 9.17) is 29.6 Å². The van der Waals surface area contributed by atoms with Gasteiger partial charge in [0.25, 0.3) is 0 Å². The molecule has 1 unspecified atom stereocenters. The number of hydrogen-bond donors (Lipinski definition) is 1. The van der Waals surface area contributed by atoms with E-state index >= 15 is 0 Å². The Morgan fingerprint density at radius 2 is 2.20 bits per heavy atom. The Labute approximate surface area is 102 Å². The Balaban J connectivity index is 2.64. The molecule has 1 rings (SSSR count). The third-order valence-electron chi connectivity index (χ3n) is 2.36. The van der Waals surface area contributed by atoms with Crippen LogP contribution in [0.3, 0.4) is 0 Å². The Morgan fingerprint density at radius 3 is 2.73 bits per heavy atom. The fourth-order valence-electron chi connectivity index (χ4n) is 1.65. The Kier molecular flexibility index (Phi) is 4.55. The largest absolute Gasteiger partial charge is 0.393 e. The molecule has 0 heterocycles. The van der Waals surface area contributed by atoms with E-state index in [0.29, 0.717) is 10.9 Å². The van der Waals surface area contributed by atoms with E-state index in [0.717, 1.165) is 23.4 Å². The van der Waals surface area contributed by atoms with Crippen LogP contribution in [0.4, 0.5) is 0 Å². The summed E-state index contributed by atoms with van der Waals surface area (Å²) in [6.07, 6.45) is 1.80. The number of rotatable bonds is 4. The second-order valence-electron chi connectivity index (χ2n) is 4.06. The van der Waals surface area contributed by atoms with E-state index in [2.05, 4.69) is 19.1 Å². The molecule has 1 aromatic carbocycles. The van der Waals surface area contributed by atoms with Gasteiger partial charge in [0.05, 0.1) is 4.99 Å². The van der Waals surface area contributed by atoms with E-state index in [-0.39, 0.29) is 0 Å². The molecular formula is C12H16ClNS. The van der Waals surface area contributed by atoms with Gasteiger partial charge in [0.1, 0.15) is 0 Å². The van der Waals surface area contributed by atoms with Gasteiger partial charge in [0, 0.05) is 11.4 Å². The van der Waals surface area contributed by atoms with Crippen LogP contribution in [0.1, 0.15) is 24.5 Å². The highest BCUT2D eigenvalue weighted by atomic mass is 35.5. The van der Waals surface area contributed by atoms with Gasteiger partial charge in [-0.2, -0.15) is 0 Å². The summed E-state index contributed by atoms with van der Waals surface area (Å²) in [5.41, 5.74) is 7.93. The van der Waals surface area contributed by atoms with Gasteiger partial charge in [-0.25, -0.2) is 0 Å². The van der Waals surface area contributed by atoms with Crippen molar-refractivity contribution in [3.8, 4) is 0 Å². The lowest BCUT2D eigenvalue weighted by Gasteiger charge is -2.11. The van der Waals surface area contributed by atoms with Gasteiger partial charge in [-0.15, -0.1) is 0 Å². The quantitative estimate of drug-likeness (QED) is 0.817. The molecule has 0 radical (unpaired) electrons. The first-order valence-corrected chi connectivity index (χ1v) is 5.81. The first-order valence-electron chi connectivity index (χ1n) is 5.02. The molecule has 0 saturated heterocycles. The summed E-state index contributed by atoms with van der Waals surface area (Å²) in [7, 11) is 0. The maximum absolute atomic E-state index is 5.96. The number of halogens is 1. The first kappa shape index (κ1) is 12.5. The fraction of sp³-hybridized carbons (Fsp3) is 0.417. The molecule has 1 aromatic rings. The van der Waals surface area contributed by atoms with Crippen LogP contribution >= 0.6 is 23.8 Å². The maximum Gasteiger partial charge on any atom is 0.0730 e. The van der Waals surface area contributed by atoms with Gasteiger partial charge in [0.15, 0.2) is 0 Å². The molecule has 0 aliphatic carbocycles. The summed E-state index contributed by atoms with van der Waals surface area (Å²) in [5, 5.41) is 0.820. The van der Waals surface area contributed by atoms with Crippen LogP contribution in [0.5, 0.6) is 0 Å². The van der Waals surface area contributed by atoms with Gasteiger partial charge >= 0.3 is 0 Å². The lowest BCUT2D eigenvalue weighted by Crippen LogP contribution is -2.13. The Hall–Kier alpha value is -0.600. The van der Waals surface area contributed by atoms with Crippen LogP contribution < -0.4 is 5.73 Å². The number of thiocarbonyl (C=S) groups is 1. The molecule has 0 aliphatic rings. The minimum atomic E-state index is 0.489. The van der Waals surface area contributed by atoms with Crippen molar-refractivity contribution in [3.05, 3.63) is 34.3 Å². The van der Waals surface area contributed by atoms with E-state index in [9.17, 15) is 0 Å². The van der Waals surface area contributed by atoms with Crippen LogP contribution in [0.15, 0.2) is 18.2 Å². The van der Waals surface area contributed by atoms with Gasteiger partial charge in [-0.05, 0) is 36.5 Å². The molecule has 1 nitrogen and oxygen atoms in total. The maximum atomic E-state index is 5.96. The van der Waals surface area contributed by atoms with E-state index in [1.54, 1.807) is 0 Å². The van der Waals surface area contributed by atoms with Crippen LogP contribution in [0.25, 0.3) is 0 Å². The summed E-state index contributed by atoms with van der Waals surface area (Å²) < 4.78 is 0. The minimum Gasteiger partial charge on any atom is -0.393 e. The van der Waals surface area contributed by atoms with Crippen molar-refractivity contribution in [2.24, 2.45) is 11.7 Å². The molecule has 0 fully saturated rings. The molecule has 82 valence electrons. The molecule has 2 N–H and O–H groups in total. The third kappa shape index (κ3) is 4.18.